The predicted octanol–water partition coefficient (Wildman–Crippen LogP) is 9.06. The lowest BCUT2D eigenvalue weighted by Gasteiger charge is -2.42. The second-order valence-electron chi connectivity index (χ2n) is 17.0. The molecular weight excluding hydrogens is 484 g/mol. The van der Waals surface area contributed by atoms with Gasteiger partial charge in [-0.1, -0.05) is 90.1 Å². The predicted molar refractivity (Wildman–Crippen MR) is 173 cm³/mol. The smallest absolute Gasteiger partial charge is 0.104 e. The molecule has 0 N–H and O–H groups in total. The number of benzene rings is 2. The van der Waals surface area contributed by atoms with Crippen LogP contribution in [0.25, 0.3) is 0 Å². The zero-order valence-corrected chi connectivity index (χ0v) is 27.6. The van der Waals surface area contributed by atoms with Crippen molar-refractivity contribution in [3.8, 4) is 0 Å². The molecule has 2 aromatic carbocycles. The Labute approximate surface area is 248 Å². The Bertz CT molecular complexity index is 947. The second kappa shape index (κ2) is 12.7. The lowest BCUT2D eigenvalue weighted by atomic mass is 9.84. The number of hydrogen-bond acceptors (Lipinski definition) is 0. The third kappa shape index (κ3) is 10.0. The average molecular weight is 547 g/mol. The third-order valence-electron chi connectivity index (χ3n) is 9.94. The molecule has 0 radical (unpaired) electrons. The minimum absolute atomic E-state index is 0.358. The van der Waals surface area contributed by atoms with Crippen molar-refractivity contribution in [2.75, 3.05) is 40.3 Å². The summed E-state index contributed by atoms with van der Waals surface area (Å²) in [6.07, 6.45) is 10.9. The molecule has 4 rings (SSSR count). The van der Waals surface area contributed by atoms with Crippen LogP contribution in [0.15, 0.2) is 48.5 Å². The largest absolute Gasteiger partial charge is 0.322 e. The minimum atomic E-state index is 0.358. The number of nitrogens with zero attached hydrogens (tertiary/aromatic N) is 2. The number of piperidine rings is 2. The first kappa shape index (κ1) is 31.3. The maximum Gasteiger partial charge on any atom is 0.104 e. The molecule has 2 nitrogen and oxygen atoms in total. The summed E-state index contributed by atoms with van der Waals surface area (Å²) in [5.41, 5.74) is 6.70. The highest BCUT2D eigenvalue weighted by atomic mass is 15.3. The van der Waals surface area contributed by atoms with E-state index < -0.39 is 0 Å². The highest BCUT2D eigenvalue weighted by molar-refractivity contribution is 5.23. The summed E-state index contributed by atoms with van der Waals surface area (Å²) in [7, 11) is 4.99. The van der Waals surface area contributed by atoms with Crippen molar-refractivity contribution in [2.24, 2.45) is 22.7 Å². The fraction of sp³-hybridized carbons (Fsp3) is 0.684. The van der Waals surface area contributed by atoms with Gasteiger partial charge >= 0.3 is 0 Å². The van der Waals surface area contributed by atoms with Crippen molar-refractivity contribution in [1.82, 2.24) is 0 Å². The molecule has 2 heterocycles. The Hall–Kier alpha value is -1.64. The maximum absolute atomic E-state index is 2.50. The SMILES string of the molecule is CC(C)(C)Cc1ccc(C[N+]2(C)CCC(CCC3CC[N+](C)(Cc4ccc(CC(C)(C)C)cc4)CC3)CC2)cc1. The first-order chi connectivity index (χ1) is 18.7. The molecule has 2 aliphatic heterocycles. The van der Waals surface area contributed by atoms with E-state index in [-0.39, 0.29) is 0 Å². The average Bonchev–Trinajstić information content (AvgIpc) is 2.85. The van der Waals surface area contributed by atoms with Gasteiger partial charge in [-0.25, -0.2) is 0 Å². The molecule has 2 fully saturated rings. The van der Waals surface area contributed by atoms with E-state index in [4.69, 9.17) is 0 Å². The van der Waals surface area contributed by atoms with Gasteiger partial charge in [-0.05, 0) is 85.2 Å². The molecule has 40 heavy (non-hydrogen) atoms. The third-order valence-corrected chi connectivity index (χ3v) is 9.94. The summed E-state index contributed by atoms with van der Waals surface area (Å²) in [4.78, 5) is 0. The zero-order chi connectivity index (χ0) is 29.0. The summed E-state index contributed by atoms with van der Waals surface area (Å²) in [5, 5.41) is 0. The van der Waals surface area contributed by atoms with Gasteiger partial charge in [0.25, 0.3) is 0 Å². The topological polar surface area (TPSA) is 0 Å². The van der Waals surface area contributed by atoms with Crippen LogP contribution in [0.5, 0.6) is 0 Å². The number of hydrogen-bond donors (Lipinski definition) is 0. The molecule has 0 unspecified atom stereocenters. The molecule has 2 heteroatoms. The quantitative estimate of drug-likeness (QED) is 0.275. The number of likely N-dealkylation sites (tertiary alicyclic amines) is 2. The van der Waals surface area contributed by atoms with Crippen LogP contribution in [0, 0.1) is 22.7 Å². The Morgan fingerprint density at radius 1 is 0.500 bits per heavy atom. The fourth-order valence-corrected chi connectivity index (χ4v) is 7.49. The first-order valence-electron chi connectivity index (χ1n) is 16.5. The van der Waals surface area contributed by atoms with Gasteiger partial charge < -0.3 is 8.97 Å². The van der Waals surface area contributed by atoms with Crippen LogP contribution < -0.4 is 0 Å². The van der Waals surface area contributed by atoms with Gasteiger partial charge in [-0.2, -0.15) is 0 Å². The van der Waals surface area contributed by atoms with Crippen molar-refractivity contribution < 1.29 is 8.97 Å². The molecule has 2 aliphatic rings. The summed E-state index contributed by atoms with van der Waals surface area (Å²) in [6, 6.07) is 19.1. The Kier molecular flexibility index (Phi) is 9.94. The van der Waals surface area contributed by atoms with Gasteiger partial charge in [-0.3, -0.25) is 0 Å². The summed E-state index contributed by atoms with van der Waals surface area (Å²) >= 11 is 0. The maximum atomic E-state index is 2.50. The van der Waals surface area contributed by atoms with Gasteiger partial charge in [0.15, 0.2) is 0 Å². The molecule has 0 atom stereocenters. The van der Waals surface area contributed by atoms with Gasteiger partial charge in [0, 0.05) is 11.1 Å². The van der Waals surface area contributed by atoms with E-state index in [1.807, 2.05) is 0 Å². The molecule has 0 aliphatic carbocycles. The Morgan fingerprint density at radius 2 is 0.775 bits per heavy atom. The van der Waals surface area contributed by atoms with Crippen LogP contribution in [0.3, 0.4) is 0 Å². The van der Waals surface area contributed by atoms with Crippen molar-refractivity contribution in [3.05, 3.63) is 70.8 Å². The fourth-order valence-electron chi connectivity index (χ4n) is 7.49. The van der Waals surface area contributed by atoms with E-state index in [0.29, 0.717) is 10.8 Å². The Balaban J connectivity index is 1.16. The van der Waals surface area contributed by atoms with E-state index in [1.165, 1.54) is 109 Å². The van der Waals surface area contributed by atoms with Crippen molar-refractivity contribution in [2.45, 2.75) is 106 Å². The van der Waals surface area contributed by atoms with Crippen LogP contribution >= 0.6 is 0 Å². The first-order valence-corrected chi connectivity index (χ1v) is 16.5. The van der Waals surface area contributed by atoms with Crippen LogP contribution in [0.1, 0.15) is 102 Å². The standard InChI is InChI=1S/C38H62N2/c1-37(2,3)27-33-11-15-35(16-12-33)29-39(7)23-19-31(20-24-39)9-10-32-21-25-40(8,26-22-32)30-36-17-13-34(14-18-36)28-38(4,5)6/h11-18,31-32H,9-10,19-30H2,1-8H3/q+2. The van der Waals surface area contributed by atoms with E-state index in [1.54, 1.807) is 0 Å². The zero-order valence-electron chi connectivity index (χ0n) is 27.6. The van der Waals surface area contributed by atoms with E-state index in [2.05, 4.69) is 104 Å². The van der Waals surface area contributed by atoms with Gasteiger partial charge in [0.2, 0.25) is 0 Å². The van der Waals surface area contributed by atoms with E-state index >= 15 is 0 Å². The lowest BCUT2D eigenvalue weighted by Crippen LogP contribution is -2.49. The molecule has 2 saturated heterocycles. The van der Waals surface area contributed by atoms with Crippen LogP contribution in [0.4, 0.5) is 0 Å². The highest BCUT2D eigenvalue weighted by Gasteiger charge is 2.33. The highest BCUT2D eigenvalue weighted by Crippen LogP contribution is 2.33. The minimum Gasteiger partial charge on any atom is -0.322 e. The van der Waals surface area contributed by atoms with Crippen molar-refractivity contribution >= 4 is 0 Å². The number of quaternary nitrogens is 2. The van der Waals surface area contributed by atoms with Crippen molar-refractivity contribution in [3.63, 3.8) is 0 Å². The van der Waals surface area contributed by atoms with Gasteiger partial charge in [0.1, 0.15) is 13.1 Å². The molecular formula is C38H62N2+2. The van der Waals surface area contributed by atoms with Gasteiger partial charge in [-0.15, -0.1) is 0 Å². The van der Waals surface area contributed by atoms with Crippen LogP contribution in [0.2, 0.25) is 0 Å². The second-order valence-corrected chi connectivity index (χ2v) is 17.0. The monoisotopic (exact) mass is 546 g/mol. The van der Waals surface area contributed by atoms with Crippen molar-refractivity contribution in [1.29, 1.82) is 0 Å². The molecule has 0 bridgehead atoms. The van der Waals surface area contributed by atoms with Crippen LogP contribution in [-0.2, 0) is 25.9 Å². The number of rotatable bonds is 9. The molecule has 0 amide bonds. The lowest BCUT2D eigenvalue weighted by molar-refractivity contribution is -0.928. The molecule has 222 valence electrons. The van der Waals surface area contributed by atoms with E-state index in [9.17, 15) is 0 Å². The molecule has 0 spiro atoms. The molecule has 2 aromatic rings. The Morgan fingerprint density at radius 3 is 1.05 bits per heavy atom. The van der Waals surface area contributed by atoms with Crippen LogP contribution in [-0.4, -0.2) is 49.2 Å². The van der Waals surface area contributed by atoms with Gasteiger partial charge in [0.05, 0.1) is 40.3 Å². The summed E-state index contributed by atoms with van der Waals surface area (Å²) in [6.45, 7) is 21.8. The summed E-state index contributed by atoms with van der Waals surface area (Å²) < 4.78 is 2.46. The normalized spacial score (nSPS) is 28.0. The van der Waals surface area contributed by atoms with E-state index in [0.717, 1.165) is 24.7 Å². The molecule has 0 saturated carbocycles. The molecule has 0 aromatic heterocycles. The summed E-state index contributed by atoms with van der Waals surface area (Å²) in [5.74, 6) is 1.91.